The minimum Gasteiger partial charge on any atom is -0.496 e. The highest BCUT2D eigenvalue weighted by atomic mass is 16.5. The summed E-state index contributed by atoms with van der Waals surface area (Å²) in [7, 11) is 3.11. The molecule has 0 aliphatic carbocycles. The number of hydrogen-bond acceptors (Lipinski definition) is 5. The molecule has 7 nitrogen and oxygen atoms in total. The number of benzene rings is 1. The number of nitrogens with zero attached hydrogens (tertiary/aromatic N) is 2. The van der Waals surface area contributed by atoms with Crippen LogP contribution in [0.2, 0.25) is 0 Å². The molecule has 3 rings (SSSR count). The summed E-state index contributed by atoms with van der Waals surface area (Å²) in [4.78, 5) is 28.6. The summed E-state index contributed by atoms with van der Waals surface area (Å²) in [6, 6.07) is 9.02. The maximum absolute atomic E-state index is 13.4. The molecule has 1 aliphatic rings. The van der Waals surface area contributed by atoms with Gasteiger partial charge in [0.25, 0.3) is 11.5 Å². The molecule has 0 fully saturated rings. The smallest absolute Gasteiger partial charge is 0.257 e. The maximum Gasteiger partial charge on any atom is 0.257 e. The van der Waals surface area contributed by atoms with Crippen molar-refractivity contribution in [3.8, 4) is 11.5 Å². The highest BCUT2D eigenvalue weighted by Crippen LogP contribution is 2.24. The normalized spacial score (nSPS) is 14.4. The summed E-state index contributed by atoms with van der Waals surface area (Å²) in [6.45, 7) is 9.99. The number of aromatic nitrogens is 1. The first-order chi connectivity index (χ1) is 16.8. The molecule has 35 heavy (non-hydrogen) atoms. The molecule has 0 saturated heterocycles. The van der Waals surface area contributed by atoms with Gasteiger partial charge in [0, 0.05) is 56.5 Å². The molecule has 1 atom stereocenters. The number of allylic oxidation sites excluding steroid dienone is 2. The van der Waals surface area contributed by atoms with Crippen LogP contribution in [0.5, 0.6) is 11.5 Å². The molecule has 1 aromatic carbocycles. The lowest BCUT2D eigenvalue weighted by atomic mass is 10.0. The second-order valence-corrected chi connectivity index (χ2v) is 9.53. The predicted octanol–water partition coefficient (Wildman–Crippen LogP) is 4.04. The molecule has 190 valence electrons. The van der Waals surface area contributed by atoms with Crippen molar-refractivity contribution in [2.75, 3.05) is 33.9 Å². The van der Waals surface area contributed by atoms with E-state index in [0.29, 0.717) is 36.7 Å². The zero-order valence-corrected chi connectivity index (χ0v) is 21.7. The second kappa shape index (κ2) is 12.6. The van der Waals surface area contributed by atoms with E-state index in [1.807, 2.05) is 24.3 Å². The Morgan fingerprint density at radius 2 is 1.86 bits per heavy atom. The monoisotopic (exact) mass is 481 g/mol. The quantitative estimate of drug-likeness (QED) is 0.519. The van der Waals surface area contributed by atoms with Gasteiger partial charge in [0.05, 0.1) is 14.2 Å². The molecule has 1 N–H and O–H groups in total. The van der Waals surface area contributed by atoms with Gasteiger partial charge in [-0.3, -0.25) is 9.59 Å². The number of ether oxygens (including phenoxy) is 2. The van der Waals surface area contributed by atoms with Crippen molar-refractivity contribution in [2.24, 2.45) is 5.92 Å². The molecule has 2 aromatic rings. The molecule has 7 heteroatoms. The van der Waals surface area contributed by atoms with E-state index in [1.54, 1.807) is 11.7 Å². The van der Waals surface area contributed by atoms with E-state index < -0.39 is 0 Å². The van der Waals surface area contributed by atoms with Gasteiger partial charge in [0.2, 0.25) is 0 Å². The average Bonchev–Trinajstić information content (AvgIpc) is 3.05. The summed E-state index contributed by atoms with van der Waals surface area (Å²) < 4.78 is 12.6. The Morgan fingerprint density at radius 3 is 2.57 bits per heavy atom. The van der Waals surface area contributed by atoms with Gasteiger partial charge in [-0.2, -0.15) is 0 Å². The molecule has 1 aliphatic heterocycles. The van der Waals surface area contributed by atoms with Crippen molar-refractivity contribution in [1.29, 1.82) is 0 Å². The minimum absolute atomic E-state index is 0.128. The highest BCUT2D eigenvalue weighted by Gasteiger charge is 2.25. The van der Waals surface area contributed by atoms with Crippen molar-refractivity contribution >= 4 is 5.91 Å². The molecule has 0 radical (unpaired) electrons. The molecule has 0 saturated carbocycles. The highest BCUT2D eigenvalue weighted by molar-refractivity contribution is 5.98. The average molecular weight is 482 g/mol. The van der Waals surface area contributed by atoms with Crippen molar-refractivity contribution in [2.45, 2.75) is 53.1 Å². The lowest BCUT2D eigenvalue weighted by Gasteiger charge is -2.23. The van der Waals surface area contributed by atoms with Crippen LogP contribution in [0.15, 0.2) is 46.8 Å². The molecule has 1 amide bonds. The standard InChI is InChI=1S/C28H39N3O4/c1-20(2)9-8-10-21(3)19-30-14-13-23-27(25(35-5)17-26(32)31(23)16-15-30)28(33)29-18-22-11-6-7-12-24(22)34-4/h6-7,9,11-12,17,21H,8,10,13-16,18-19H2,1-5H3,(H,29,33). The fourth-order valence-electron chi connectivity index (χ4n) is 4.68. The lowest BCUT2D eigenvalue weighted by molar-refractivity contribution is 0.0945. The molecular weight excluding hydrogens is 442 g/mol. The van der Waals surface area contributed by atoms with Crippen LogP contribution in [0.4, 0.5) is 0 Å². The molecule has 1 aromatic heterocycles. The number of carbonyl (C=O) groups excluding carboxylic acids is 1. The van der Waals surface area contributed by atoms with Gasteiger partial charge in [0.15, 0.2) is 0 Å². The minimum atomic E-state index is -0.250. The third-order valence-electron chi connectivity index (χ3n) is 6.55. The maximum atomic E-state index is 13.4. The lowest BCUT2D eigenvalue weighted by Crippen LogP contribution is -2.32. The second-order valence-electron chi connectivity index (χ2n) is 9.53. The third-order valence-corrected chi connectivity index (χ3v) is 6.55. The number of para-hydroxylation sites is 1. The van der Waals surface area contributed by atoms with E-state index in [0.717, 1.165) is 49.5 Å². The summed E-state index contributed by atoms with van der Waals surface area (Å²) in [6.07, 6.45) is 5.13. The van der Waals surface area contributed by atoms with Crippen LogP contribution in [0.3, 0.4) is 0 Å². The Labute approximate surface area is 208 Å². The number of methoxy groups -OCH3 is 2. The first-order valence-corrected chi connectivity index (χ1v) is 12.4. The van der Waals surface area contributed by atoms with E-state index in [1.165, 1.54) is 18.7 Å². The van der Waals surface area contributed by atoms with Crippen LogP contribution in [-0.4, -0.2) is 49.2 Å². The SMILES string of the molecule is COc1ccccc1CNC(=O)c1c(OC)cc(=O)n2c1CCN(CC(C)CCC=C(C)C)CC2. The van der Waals surface area contributed by atoms with E-state index in [2.05, 4.69) is 37.1 Å². The van der Waals surface area contributed by atoms with Crippen molar-refractivity contribution < 1.29 is 14.3 Å². The Hall–Kier alpha value is -3.06. The van der Waals surface area contributed by atoms with E-state index >= 15 is 0 Å². The zero-order valence-electron chi connectivity index (χ0n) is 21.7. The van der Waals surface area contributed by atoms with Crippen LogP contribution < -0.4 is 20.3 Å². The van der Waals surface area contributed by atoms with Gasteiger partial charge in [0.1, 0.15) is 17.1 Å². The van der Waals surface area contributed by atoms with Crippen LogP contribution >= 0.6 is 0 Å². The number of fused-ring (bicyclic) bond motifs is 1. The fraction of sp³-hybridized carbons (Fsp3) is 0.500. The number of hydrogen-bond donors (Lipinski definition) is 1. The number of pyridine rings is 1. The molecule has 2 heterocycles. The van der Waals surface area contributed by atoms with Crippen molar-refractivity contribution in [3.63, 3.8) is 0 Å². The summed E-state index contributed by atoms with van der Waals surface area (Å²) >= 11 is 0. The summed E-state index contributed by atoms with van der Waals surface area (Å²) in [5.41, 5.74) is 3.30. The van der Waals surface area contributed by atoms with E-state index in [-0.39, 0.29) is 11.5 Å². The molecule has 1 unspecified atom stereocenters. The Kier molecular flexibility index (Phi) is 9.55. The first kappa shape index (κ1) is 26.5. The molecule has 0 bridgehead atoms. The van der Waals surface area contributed by atoms with Gasteiger partial charge in [-0.05, 0) is 38.7 Å². The van der Waals surface area contributed by atoms with Gasteiger partial charge in [-0.25, -0.2) is 0 Å². The first-order valence-electron chi connectivity index (χ1n) is 12.4. The van der Waals surface area contributed by atoms with Crippen LogP contribution in [0, 0.1) is 5.92 Å². The van der Waals surface area contributed by atoms with Crippen LogP contribution in [-0.2, 0) is 19.5 Å². The Balaban J connectivity index is 1.77. The summed E-state index contributed by atoms with van der Waals surface area (Å²) in [5, 5.41) is 3.00. The number of nitrogens with one attached hydrogen (secondary N) is 1. The number of carbonyl (C=O) groups is 1. The van der Waals surface area contributed by atoms with Crippen LogP contribution in [0.1, 0.15) is 55.2 Å². The third kappa shape index (κ3) is 6.98. The Bertz CT molecular complexity index is 1100. The van der Waals surface area contributed by atoms with Crippen molar-refractivity contribution in [1.82, 2.24) is 14.8 Å². The van der Waals surface area contributed by atoms with Crippen LogP contribution in [0.25, 0.3) is 0 Å². The zero-order chi connectivity index (χ0) is 25.4. The number of amides is 1. The predicted molar refractivity (Wildman–Crippen MR) is 139 cm³/mol. The van der Waals surface area contributed by atoms with Gasteiger partial charge in [-0.1, -0.05) is 36.8 Å². The molecule has 0 spiro atoms. The van der Waals surface area contributed by atoms with Gasteiger partial charge in [-0.15, -0.1) is 0 Å². The van der Waals surface area contributed by atoms with E-state index in [4.69, 9.17) is 9.47 Å². The van der Waals surface area contributed by atoms with E-state index in [9.17, 15) is 9.59 Å². The largest absolute Gasteiger partial charge is 0.496 e. The number of rotatable bonds is 10. The fourth-order valence-corrected chi connectivity index (χ4v) is 4.68. The van der Waals surface area contributed by atoms with Gasteiger partial charge < -0.3 is 24.3 Å². The van der Waals surface area contributed by atoms with Crippen molar-refractivity contribution in [3.05, 3.63) is 69.2 Å². The summed E-state index contributed by atoms with van der Waals surface area (Å²) in [5.74, 6) is 1.35. The topological polar surface area (TPSA) is 72.8 Å². The van der Waals surface area contributed by atoms with Gasteiger partial charge >= 0.3 is 0 Å². The molecular formula is C28H39N3O4. The Morgan fingerprint density at radius 1 is 1.11 bits per heavy atom.